The number of alkyl carbamates (subject to hydrolysis) is 1. The van der Waals surface area contributed by atoms with Crippen molar-refractivity contribution in [1.29, 1.82) is 0 Å². The van der Waals surface area contributed by atoms with Gasteiger partial charge in [0, 0.05) is 12.5 Å². The molecule has 0 saturated heterocycles. The molecule has 4 N–H and O–H groups in total. The molecule has 0 aromatic heterocycles. The number of esters is 1. The monoisotopic (exact) mass is 818 g/mol. The molecule has 6 rings (SSSR count). The first-order valence-electron chi connectivity index (χ1n) is 19.4. The van der Waals surface area contributed by atoms with E-state index in [9.17, 15) is 18.0 Å². The van der Waals surface area contributed by atoms with Gasteiger partial charge in [0.05, 0.1) is 12.0 Å². The highest BCUT2D eigenvalue weighted by molar-refractivity contribution is 7.90. The van der Waals surface area contributed by atoms with Gasteiger partial charge in [0.1, 0.15) is 37.4 Å². The lowest BCUT2D eigenvalue weighted by atomic mass is 9.98. The molecule has 0 heterocycles. The Morgan fingerprint density at radius 3 is 2.05 bits per heavy atom. The number of hydrogen-bond acceptors (Lipinski definition) is 9. The highest BCUT2D eigenvalue weighted by atomic mass is 32.2. The van der Waals surface area contributed by atoms with Crippen LogP contribution < -0.4 is 25.2 Å². The number of nitrogens with zero attached hydrogens (tertiary/aromatic N) is 1. The van der Waals surface area contributed by atoms with Gasteiger partial charge in [0.25, 0.3) is 10.0 Å². The van der Waals surface area contributed by atoms with Crippen molar-refractivity contribution in [3.63, 3.8) is 0 Å². The zero-order chi connectivity index (χ0) is 42.1. The van der Waals surface area contributed by atoms with Crippen molar-refractivity contribution in [3.05, 3.63) is 148 Å². The Morgan fingerprint density at radius 2 is 1.41 bits per heavy atom. The molecule has 1 amide bonds. The van der Waals surface area contributed by atoms with Gasteiger partial charge in [-0.05, 0) is 109 Å². The Hall–Kier alpha value is -6.34. The largest absolute Gasteiger partial charge is 0.496 e. The van der Waals surface area contributed by atoms with Gasteiger partial charge in [-0.1, -0.05) is 90.5 Å². The number of nitrogens with one attached hydrogen (secondary N) is 2. The molecule has 5 aromatic carbocycles. The van der Waals surface area contributed by atoms with Crippen molar-refractivity contribution in [2.45, 2.75) is 70.6 Å². The fraction of sp³-hybridized carbons (Fsp3) is 0.283. The molecule has 0 fully saturated rings. The second-order valence-corrected chi connectivity index (χ2v) is 16.2. The molecule has 0 unspecified atom stereocenters. The number of hydrogen-bond donors (Lipinski definition) is 3. The Labute approximate surface area is 345 Å². The average Bonchev–Trinajstić information content (AvgIpc) is 3.54. The number of ether oxygens (including phenoxy) is 4. The number of carbonyl (C=O) groups excluding carboxylic acids is 2. The molecule has 0 spiro atoms. The van der Waals surface area contributed by atoms with Crippen molar-refractivity contribution in [2.24, 2.45) is 10.7 Å². The minimum Gasteiger partial charge on any atom is -0.496 e. The number of sulfonamides is 1. The lowest BCUT2D eigenvalue weighted by molar-refractivity contribution is -0.147. The van der Waals surface area contributed by atoms with Crippen LogP contribution in [0.25, 0.3) is 11.1 Å². The highest BCUT2D eigenvalue weighted by Gasteiger charge is 2.30. The molecule has 308 valence electrons. The fourth-order valence-corrected chi connectivity index (χ4v) is 8.66. The SMILES string of the molecule is COc1cc(C)c(S(=O)(=O)NC(N)=NCCC[C@H](NC(=O)OCC2c3ccccc3-c3ccccc32)C(=O)OCc2ccc(OCc3ccc(C)cc3)cc2)c(C)c1C. The number of carbonyl (C=O) groups is 2. The molecule has 59 heavy (non-hydrogen) atoms. The number of rotatable bonds is 16. The smallest absolute Gasteiger partial charge is 0.407 e. The summed E-state index contributed by atoms with van der Waals surface area (Å²) >= 11 is 0. The normalized spacial score (nSPS) is 12.9. The molecule has 13 heteroatoms. The van der Waals surface area contributed by atoms with Crippen LogP contribution in [0.2, 0.25) is 0 Å². The number of guanidine groups is 1. The summed E-state index contributed by atoms with van der Waals surface area (Å²) in [7, 11) is -2.55. The summed E-state index contributed by atoms with van der Waals surface area (Å²) in [6.45, 7) is 7.68. The van der Waals surface area contributed by atoms with Gasteiger partial charge in [-0.25, -0.2) is 22.7 Å². The number of aryl methyl sites for hydroxylation is 2. The molecule has 0 saturated carbocycles. The van der Waals surface area contributed by atoms with Crippen LogP contribution in [0, 0.1) is 27.7 Å². The molecule has 12 nitrogen and oxygen atoms in total. The molecule has 1 atom stereocenters. The average molecular weight is 819 g/mol. The van der Waals surface area contributed by atoms with E-state index in [1.54, 1.807) is 51.1 Å². The summed E-state index contributed by atoms with van der Waals surface area (Å²) in [5.41, 5.74) is 15.0. The number of amides is 1. The summed E-state index contributed by atoms with van der Waals surface area (Å²) in [6, 6.07) is 31.9. The number of methoxy groups -OCH3 is 1. The van der Waals surface area contributed by atoms with Crippen molar-refractivity contribution in [2.75, 3.05) is 20.3 Å². The van der Waals surface area contributed by atoms with Gasteiger partial charge in [-0.15, -0.1) is 0 Å². The molecular weight excluding hydrogens is 769 g/mol. The first-order valence-corrected chi connectivity index (χ1v) is 20.9. The van der Waals surface area contributed by atoms with Crippen LogP contribution in [0.3, 0.4) is 0 Å². The lowest BCUT2D eigenvalue weighted by Crippen LogP contribution is -2.42. The second-order valence-electron chi connectivity index (χ2n) is 14.5. The van der Waals surface area contributed by atoms with E-state index in [4.69, 9.17) is 24.7 Å². The van der Waals surface area contributed by atoms with Gasteiger partial charge in [0.2, 0.25) is 5.96 Å². The van der Waals surface area contributed by atoms with Crippen LogP contribution in [0.15, 0.2) is 113 Å². The van der Waals surface area contributed by atoms with E-state index >= 15 is 0 Å². The Balaban J connectivity index is 1.08. The van der Waals surface area contributed by atoms with Crippen LogP contribution in [-0.4, -0.2) is 52.7 Å². The third-order valence-electron chi connectivity index (χ3n) is 10.4. The lowest BCUT2D eigenvalue weighted by Gasteiger charge is -2.19. The maximum Gasteiger partial charge on any atom is 0.407 e. The standard InChI is InChI=1S/C46H50N4O8S/c1-29-16-18-33(19-17-29)26-56-35-22-20-34(21-23-35)27-57-44(51)41(49-46(52)58-28-40-38-13-8-6-11-36(38)37-12-7-9-14-39(37)40)15-10-24-48-45(47)50-59(53,54)43-30(2)25-42(55-5)31(3)32(43)4/h6-9,11-14,16-23,25,40-41H,10,15,24,26-28H2,1-5H3,(H,49,52)(H3,47,48,50)/t41-/m0/s1. The molecule has 0 aliphatic heterocycles. The minimum absolute atomic E-state index is 0.0451. The summed E-state index contributed by atoms with van der Waals surface area (Å²) < 4.78 is 51.7. The number of aliphatic imine (C=N–C) groups is 1. The summed E-state index contributed by atoms with van der Waals surface area (Å²) in [5.74, 6) is 0.0983. The summed E-state index contributed by atoms with van der Waals surface area (Å²) in [4.78, 5) is 31.1. The fourth-order valence-electron chi connectivity index (χ4n) is 7.18. The van der Waals surface area contributed by atoms with E-state index in [1.165, 1.54) is 12.7 Å². The number of nitrogens with two attached hydrogens (primary N) is 1. The Kier molecular flexibility index (Phi) is 13.6. The van der Waals surface area contributed by atoms with Crippen molar-refractivity contribution >= 4 is 28.0 Å². The van der Waals surface area contributed by atoms with Gasteiger partial charge >= 0.3 is 12.1 Å². The van der Waals surface area contributed by atoms with Crippen LogP contribution in [-0.2, 0) is 37.5 Å². The number of fused-ring (bicyclic) bond motifs is 3. The van der Waals surface area contributed by atoms with Crippen LogP contribution >= 0.6 is 0 Å². The maximum atomic E-state index is 13.5. The van der Waals surface area contributed by atoms with Crippen molar-refractivity contribution in [3.8, 4) is 22.6 Å². The topological polar surface area (TPSA) is 168 Å². The van der Waals surface area contributed by atoms with Crippen LogP contribution in [0.1, 0.15) is 63.3 Å². The van der Waals surface area contributed by atoms with Gasteiger partial charge < -0.3 is 30.0 Å². The maximum absolute atomic E-state index is 13.5. The summed E-state index contributed by atoms with van der Waals surface area (Å²) in [5, 5.41) is 2.69. The van der Waals surface area contributed by atoms with Crippen molar-refractivity contribution < 1.29 is 37.0 Å². The molecule has 0 bridgehead atoms. The molecule has 5 aromatic rings. The third kappa shape index (κ3) is 10.4. The first kappa shape index (κ1) is 42.3. The Bertz CT molecular complexity index is 2390. The third-order valence-corrected chi connectivity index (χ3v) is 12.0. The zero-order valence-corrected chi connectivity index (χ0v) is 34.7. The van der Waals surface area contributed by atoms with E-state index in [1.807, 2.05) is 67.6 Å². The predicted octanol–water partition coefficient (Wildman–Crippen LogP) is 7.53. The van der Waals surface area contributed by atoms with Gasteiger partial charge in [0.15, 0.2) is 0 Å². The van der Waals surface area contributed by atoms with Crippen LogP contribution in [0.4, 0.5) is 4.79 Å². The zero-order valence-electron chi connectivity index (χ0n) is 33.9. The molecule has 1 aliphatic carbocycles. The van der Waals surface area contributed by atoms with E-state index in [0.717, 1.165) is 33.4 Å². The van der Waals surface area contributed by atoms with E-state index in [-0.39, 0.29) is 49.4 Å². The van der Waals surface area contributed by atoms with E-state index in [0.29, 0.717) is 34.8 Å². The quantitative estimate of drug-likeness (QED) is 0.0395. The first-order chi connectivity index (χ1) is 28.3. The predicted molar refractivity (Wildman–Crippen MR) is 227 cm³/mol. The summed E-state index contributed by atoms with van der Waals surface area (Å²) in [6.07, 6.45) is -0.424. The number of benzene rings is 5. The highest BCUT2D eigenvalue weighted by Crippen LogP contribution is 2.44. The minimum atomic E-state index is -4.07. The van der Waals surface area contributed by atoms with Crippen LogP contribution in [0.5, 0.6) is 11.5 Å². The molecule has 1 aliphatic rings. The Morgan fingerprint density at radius 1 is 0.797 bits per heavy atom. The van der Waals surface area contributed by atoms with Crippen molar-refractivity contribution in [1.82, 2.24) is 10.0 Å². The molecular formula is C46H50N4O8S. The second kappa shape index (κ2) is 18.9. The van der Waals surface area contributed by atoms with E-state index < -0.39 is 28.1 Å². The molecule has 0 radical (unpaired) electrons. The van der Waals surface area contributed by atoms with Gasteiger partial charge in [-0.3, -0.25) is 4.99 Å². The van der Waals surface area contributed by atoms with Gasteiger partial charge in [-0.2, -0.15) is 0 Å². The van der Waals surface area contributed by atoms with E-state index in [2.05, 4.69) is 27.2 Å².